The third-order valence-electron chi connectivity index (χ3n) is 10.3. The molecule has 4 saturated heterocycles. The first-order chi connectivity index (χ1) is 19.3. The molecule has 7 nitrogen and oxygen atoms in total. The molecule has 40 heavy (non-hydrogen) atoms. The number of hydrogen-bond acceptors (Lipinski definition) is 6. The zero-order valence-corrected chi connectivity index (χ0v) is 24.2. The third kappa shape index (κ3) is 5.64. The van der Waals surface area contributed by atoms with E-state index in [1.807, 2.05) is 0 Å². The van der Waals surface area contributed by atoms with Crippen LogP contribution in [0.4, 0.5) is 11.4 Å². The van der Waals surface area contributed by atoms with Crippen LogP contribution in [0.3, 0.4) is 0 Å². The van der Waals surface area contributed by atoms with Gasteiger partial charge in [0.1, 0.15) is 0 Å². The molecule has 1 unspecified atom stereocenters. The van der Waals surface area contributed by atoms with Crippen molar-refractivity contribution in [3.8, 4) is 0 Å². The van der Waals surface area contributed by atoms with Gasteiger partial charge in [-0.1, -0.05) is 18.2 Å². The summed E-state index contributed by atoms with van der Waals surface area (Å²) < 4.78 is 0. The molecule has 0 radical (unpaired) electrons. The molecular weight excluding hydrogens is 498 g/mol. The second-order valence-corrected chi connectivity index (χ2v) is 13.0. The molecule has 3 N–H and O–H groups in total. The van der Waals surface area contributed by atoms with Crippen LogP contribution < -0.4 is 20.9 Å². The molecule has 0 aromatic heterocycles. The van der Waals surface area contributed by atoms with Gasteiger partial charge in [0, 0.05) is 63.1 Å². The number of aryl methyl sites for hydroxylation is 1. The van der Waals surface area contributed by atoms with Crippen molar-refractivity contribution < 1.29 is 9.59 Å². The van der Waals surface area contributed by atoms with Crippen molar-refractivity contribution in [2.45, 2.75) is 69.7 Å². The van der Waals surface area contributed by atoms with E-state index in [4.69, 9.17) is 5.73 Å². The maximum absolute atomic E-state index is 12.4. The van der Waals surface area contributed by atoms with Crippen molar-refractivity contribution in [3.05, 3.63) is 59.2 Å². The van der Waals surface area contributed by atoms with Crippen molar-refractivity contribution in [3.63, 3.8) is 0 Å². The topological polar surface area (TPSA) is 81.9 Å². The second-order valence-electron chi connectivity index (χ2n) is 13.0. The first-order valence-electron chi connectivity index (χ1n) is 15.3. The van der Waals surface area contributed by atoms with Gasteiger partial charge in [-0.15, -0.1) is 0 Å². The zero-order valence-electron chi connectivity index (χ0n) is 24.2. The van der Waals surface area contributed by atoms with E-state index in [0.717, 1.165) is 56.8 Å². The average molecular weight is 544 g/mol. The van der Waals surface area contributed by atoms with E-state index in [1.165, 1.54) is 42.6 Å². The summed E-state index contributed by atoms with van der Waals surface area (Å²) in [5.74, 6) is 0.00567. The van der Waals surface area contributed by atoms with Crippen molar-refractivity contribution in [1.82, 2.24) is 10.2 Å². The number of likely N-dealkylation sites (N-methyl/N-ethyl adjacent to an activating group) is 1. The van der Waals surface area contributed by atoms with Gasteiger partial charge in [-0.25, -0.2) is 0 Å². The minimum atomic E-state index is -0.218. The number of nitrogens with one attached hydrogen (secondary N) is 1. The van der Waals surface area contributed by atoms with E-state index in [0.29, 0.717) is 24.2 Å². The Hall–Kier alpha value is -2.90. The number of benzene rings is 2. The molecule has 0 bridgehead atoms. The van der Waals surface area contributed by atoms with E-state index >= 15 is 0 Å². The summed E-state index contributed by atoms with van der Waals surface area (Å²) in [7, 11) is 2.18. The van der Waals surface area contributed by atoms with Gasteiger partial charge in [-0.2, -0.15) is 0 Å². The van der Waals surface area contributed by atoms with Crippen LogP contribution in [0.2, 0.25) is 0 Å². The standard InChI is InChI=1S/C33H45N5O2/c1-23-19-28(7-8-29(23)30-9-10-31(39)35-32(30)40)38-17-13-33(14-18-38)11-15-37(16-12-33)27-5-3-24(4-6-27)25-20-26(34)22-36(2)21-25/h3-8,19,25-26,30H,9-18,20-22,34H2,1-2H3,(H,35,39,40)/t25-,26+,30?/m0/s1. The van der Waals surface area contributed by atoms with E-state index in [9.17, 15) is 9.59 Å². The van der Waals surface area contributed by atoms with Gasteiger partial charge in [-0.3, -0.25) is 14.9 Å². The molecule has 4 aliphatic heterocycles. The van der Waals surface area contributed by atoms with Crippen LogP contribution in [0.1, 0.15) is 73.5 Å². The number of anilines is 2. The lowest BCUT2D eigenvalue weighted by molar-refractivity contribution is -0.134. The number of carbonyl (C=O) groups is 2. The summed E-state index contributed by atoms with van der Waals surface area (Å²) in [6.45, 7) is 8.64. The van der Waals surface area contributed by atoms with Crippen molar-refractivity contribution in [2.24, 2.45) is 11.1 Å². The maximum Gasteiger partial charge on any atom is 0.234 e. The Kier molecular flexibility index (Phi) is 7.62. The van der Waals surface area contributed by atoms with Crippen LogP contribution in [-0.4, -0.2) is 69.1 Å². The van der Waals surface area contributed by atoms with E-state index in [1.54, 1.807) is 0 Å². The summed E-state index contributed by atoms with van der Waals surface area (Å²) in [5.41, 5.74) is 13.0. The average Bonchev–Trinajstić information content (AvgIpc) is 2.94. The lowest BCUT2D eigenvalue weighted by Crippen LogP contribution is -2.47. The predicted octanol–water partition coefficient (Wildman–Crippen LogP) is 4.15. The molecule has 0 aliphatic carbocycles. The van der Waals surface area contributed by atoms with Gasteiger partial charge in [0.15, 0.2) is 0 Å². The number of imide groups is 1. The Morgan fingerprint density at radius 2 is 1.50 bits per heavy atom. The molecule has 7 heteroatoms. The molecule has 2 aromatic carbocycles. The Balaban J connectivity index is 1.02. The molecule has 2 aromatic rings. The molecule has 0 saturated carbocycles. The van der Waals surface area contributed by atoms with E-state index in [-0.39, 0.29) is 23.8 Å². The SMILES string of the molecule is Cc1cc(N2CCC3(CCN(c4ccc([C@H]5C[C@@H](N)CN(C)C5)cc4)CC3)CC2)ccc1C1CCC(=O)NC1=O. The van der Waals surface area contributed by atoms with Gasteiger partial charge in [0.25, 0.3) is 0 Å². The van der Waals surface area contributed by atoms with Crippen LogP contribution in [0, 0.1) is 12.3 Å². The number of nitrogens with zero attached hydrogens (tertiary/aromatic N) is 3. The number of rotatable bonds is 4. The van der Waals surface area contributed by atoms with Gasteiger partial charge < -0.3 is 20.4 Å². The van der Waals surface area contributed by atoms with Crippen LogP contribution in [0.5, 0.6) is 0 Å². The molecular formula is C33H45N5O2. The summed E-state index contributed by atoms with van der Waals surface area (Å²) in [4.78, 5) is 31.4. The van der Waals surface area contributed by atoms with Gasteiger partial charge in [-0.05, 0) is 105 Å². The first kappa shape index (κ1) is 27.3. The molecule has 3 atom stereocenters. The van der Waals surface area contributed by atoms with Crippen LogP contribution in [0.25, 0.3) is 0 Å². The Bertz CT molecular complexity index is 1220. The number of carbonyl (C=O) groups excluding carboxylic acids is 2. The number of likely N-dealkylation sites (tertiary alicyclic amines) is 1. The second kappa shape index (κ2) is 11.2. The normalized spacial score (nSPS) is 27.6. The highest BCUT2D eigenvalue weighted by molar-refractivity contribution is 6.01. The summed E-state index contributed by atoms with van der Waals surface area (Å²) in [6, 6.07) is 16.1. The third-order valence-corrected chi connectivity index (χ3v) is 10.3. The maximum atomic E-state index is 12.4. The number of amides is 2. The van der Waals surface area contributed by atoms with Crippen LogP contribution in [-0.2, 0) is 9.59 Å². The van der Waals surface area contributed by atoms with Crippen LogP contribution in [0.15, 0.2) is 42.5 Å². The van der Waals surface area contributed by atoms with Gasteiger partial charge in [0.2, 0.25) is 11.8 Å². The quantitative estimate of drug-likeness (QED) is 0.564. The summed E-state index contributed by atoms with van der Waals surface area (Å²) in [5, 5.41) is 2.50. The lowest BCUT2D eigenvalue weighted by Gasteiger charge is -2.48. The number of hydrogen-bond donors (Lipinski definition) is 2. The van der Waals surface area contributed by atoms with Crippen molar-refractivity contribution in [2.75, 3.05) is 56.1 Å². The largest absolute Gasteiger partial charge is 0.371 e. The number of nitrogens with two attached hydrogens (primary N) is 1. The Labute approximate surface area is 239 Å². The molecule has 6 rings (SSSR count). The van der Waals surface area contributed by atoms with E-state index < -0.39 is 0 Å². The smallest absolute Gasteiger partial charge is 0.234 e. The lowest BCUT2D eigenvalue weighted by atomic mass is 9.71. The van der Waals surface area contributed by atoms with Gasteiger partial charge in [0.05, 0.1) is 5.92 Å². The van der Waals surface area contributed by atoms with Crippen molar-refractivity contribution >= 4 is 23.2 Å². The first-order valence-corrected chi connectivity index (χ1v) is 15.3. The van der Waals surface area contributed by atoms with E-state index in [2.05, 4.69) is 76.5 Å². The highest BCUT2D eigenvalue weighted by Crippen LogP contribution is 2.43. The fourth-order valence-corrected chi connectivity index (χ4v) is 7.78. The monoisotopic (exact) mass is 543 g/mol. The molecule has 4 heterocycles. The summed E-state index contributed by atoms with van der Waals surface area (Å²) >= 11 is 0. The predicted molar refractivity (Wildman–Crippen MR) is 161 cm³/mol. The number of piperidine rings is 4. The Morgan fingerprint density at radius 3 is 2.10 bits per heavy atom. The molecule has 214 valence electrons. The zero-order chi connectivity index (χ0) is 27.9. The fourth-order valence-electron chi connectivity index (χ4n) is 7.78. The van der Waals surface area contributed by atoms with Crippen LogP contribution >= 0.6 is 0 Å². The van der Waals surface area contributed by atoms with Crippen molar-refractivity contribution in [1.29, 1.82) is 0 Å². The molecule has 4 aliphatic rings. The Morgan fingerprint density at radius 1 is 0.875 bits per heavy atom. The molecule has 1 spiro atoms. The minimum absolute atomic E-state index is 0.156. The highest BCUT2D eigenvalue weighted by Gasteiger charge is 2.38. The minimum Gasteiger partial charge on any atom is -0.371 e. The highest BCUT2D eigenvalue weighted by atomic mass is 16.2. The fraction of sp³-hybridized carbons (Fsp3) is 0.576. The van der Waals surface area contributed by atoms with Gasteiger partial charge >= 0.3 is 0 Å². The molecule has 2 amide bonds. The molecule has 4 fully saturated rings. The summed E-state index contributed by atoms with van der Waals surface area (Å²) in [6.07, 6.45) is 7.10.